The van der Waals surface area contributed by atoms with E-state index >= 15 is 0 Å². The van der Waals surface area contributed by atoms with Gasteiger partial charge in [-0.3, -0.25) is 10.1 Å². The van der Waals surface area contributed by atoms with Crippen molar-refractivity contribution in [3.63, 3.8) is 0 Å². The Morgan fingerprint density at radius 2 is 1.75 bits per heavy atom. The highest BCUT2D eigenvalue weighted by Gasteiger charge is 2.29. The number of anilines is 2. The molecule has 5 rings (SSSR count). The maximum absolute atomic E-state index is 12.5. The highest BCUT2D eigenvalue weighted by Crippen LogP contribution is 2.31. The lowest BCUT2D eigenvalue weighted by molar-refractivity contribution is -0.117. The van der Waals surface area contributed by atoms with Gasteiger partial charge in [-0.05, 0) is 73.2 Å². The van der Waals surface area contributed by atoms with Gasteiger partial charge in [-0.1, -0.05) is 53.5 Å². The Hall–Kier alpha value is -4.57. The molecule has 1 aliphatic rings. The predicted octanol–water partition coefficient (Wildman–Crippen LogP) is 6.19. The summed E-state index contributed by atoms with van der Waals surface area (Å²) in [5, 5.41) is 11.6. The molecule has 4 aromatic rings. The number of benzene rings is 3. The zero-order valence-corrected chi connectivity index (χ0v) is 20.0. The minimum atomic E-state index is -0.615. The number of nitrogens with one attached hydrogen (secondary N) is 2. The van der Waals surface area contributed by atoms with Gasteiger partial charge in [-0.15, -0.1) is 0 Å². The van der Waals surface area contributed by atoms with E-state index in [4.69, 9.17) is 9.26 Å². The summed E-state index contributed by atoms with van der Waals surface area (Å²) in [6, 6.07) is 21.1. The molecule has 180 valence electrons. The van der Waals surface area contributed by atoms with Gasteiger partial charge < -0.3 is 14.6 Å². The average molecular weight is 480 g/mol. The smallest absolute Gasteiger partial charge is 0.412 e. The molecule has 3 aromatic carbocycles. The third kappa shape index (κ3) is 5.39. The second-order valence-electron chi connectivity index (χ2n) is 8.85. The third-order valence-electron chi connectivity index (χ3n) is 6.02. The van der Waals surface area contributed by atoms with Crippen LogP contribution in [0.2, 0.25) is 0 Å². The Morgan fingerprint density at radius 1 is 1.00 bits per heavy atom. The molecule has 1 unspecified atom stereocenters. The van der Waals surface area contributed by atoms with Gasteiger partial charge in [0.05, 0.1) is 0 Å². The Labute approximate surface area is 208 Å². The number of carbonyl (C=O) groups excluding carboxylic acids is 2. The first-order chi connectivity index (χ1) is 17.5. The molecule has 0 saturated heterocycles. The van der Waals surface area contributed by atoms with E-state index in [1.165, 1.54) is 0 Å². The van der Waals surface area contributed by atoms with Crippen molar-refractivity contribution in [1.82, 2.24) is 5.16 Å². The first kappa shape index (κ1) is 23.2. The van der Waals surface area contributed by atoms with Crippen LogP contribution in [0, 0.1) is 24.7 Å². The fraction of sp³-hybridized carbons (Fsp3) is 0.207. The van der Waals surface area contributed by atoms with Crippen LogP contribution in [0.25, 0.3) is 10.8 Å². The largest absolute Gasteiger partial charge is 0.441 e. The standard InChI is InChI=1S/C29H25N3O4/c1-18-27(31-29(34)35-19(2)21-6-4-3-5-7-21)26(36-32-18)15-9-20-8-10-24-17-25(14-13-23(24)16-20)30-28(33)22-11-12-22/h3-8,10,13-14,16-17,19,22H,11-12H2,1-2H3,(H,30,33)(H,31,34). The lowest BCUT2D eigenvalue weighted by Gasteiger charge is -2.13. The van der Waals surface area contributed by atoms with Crippen LogP contribution in [0.3, 0.4) is 0 Å². The molecule has 0 bridgehead atoms. The lowest BCUT2D eigenvalue weighted by atomic mass is 10.1. The molecule has 1 atom stereocenters. The summed E-state index contributed by atoms with van der Waals surface area (Å²) in [5.41, 5.74) is 3.34. The summed E-state index contributed by atoms with van der Waals surface area (Å²) < 4.78 is 10.8. The van der Waals surface area contributed by atoms with Crippen LogP contribution < -0.4 is 10.6 Å². The van der Waals surface area contributed by atoms with Crippen molar-refractivity contribution in [3.05, 3.63) is 89.3 Å². The summed E-state index contributed by atoms with van der Waals surface area (Å²) >= 11 is 0. The summed E-state index contributed by atoms with van der Waals surface area (Å²) in [6.07, 6.45) is 0.909. The first-order valence-corrected chi connectivity index (χ1v) is 11.8. The van der Waals surface area contributed by atoms with Crippen LogP contribution in [0.4, 0.5) is 16.2 Å². The normalized spacial score (nSPS) is 13.4. The maximum atomic E-state index is 12.5. The molecule has 1 heterocycles. The van der Waals surface area contributed by atoms with Crippen molar-refractivity contribution in [2.45, 2.75) is 32.8 Å². The fourth-order valence-corrected chi connectivity index (χ4v) is 3.81. The molecule has 0 radical (unpaired) electrons. The molecule has 1 aliphatic carbocycles. The average Bonchev–Trinajstić information content (AvgIpc) is 3.68. The van der Waals surface area contributed by atoms with Crippen molar-refractivity contribution in [2.75, 3.05) is 10.6 Å². The van der Waals surface area contributed by atoms with Crippen LogP contribution in [-0.2, 0) is 9.53 Å². The van der Waals surface area contributed by atoms with Crippen molar-refractivity contribution in [3.8, 4) is 11.8 Å². The monoisotopic (exact) mass is 479 g/mol. The van der Waals surface area contributed by atoms with Gasteiger partial charge in [0, 0.05) is 17.2 Å². The van der Waals surface area contributed by atoms with E-state index in [1.54, 1.807) is 13.8 Å². The van der Waals surface area contributed by atoms with Gasteiger partial charge in [0.1, 0.15) is 17.5 Å². The van der Waals surface area contributed by atoms with Crippen LogP contribution in [-0.4, -0.2) is 17.2 Å². The number of hydrogen-bond donors (Lipinski definition) is 2. The highest BCUT2D eigenvalue weighted by atomic mass is 16.6. The number of nitrogens with zero attached hydrogens (tertiary/aromatic N) is 1. The Balaban J connectivity index is 1.28. The number of amides is 2. The summed E-state index contributed by atoms with van der Waals surface area (Å²) in [4.78, 5) is 24.5. The Morgan fingerprint density at radius 3 is 2.53 bits per heavy atom. The molecule has 7 nitrogen and oxygen atoms in total. The third-order valence-corrected chi connectivity index (χ3v) is 6.02. The SMILES string of the molecule is Cc1noc(C#Cc2ccc3cc(NC(=O)C4CC4)ccc3c2)c1NC(=O)OC(C)c1ccccc1. The molecule has 7 heteroatoms. The molecular weight excluding hydrogens is 454 g/mol. The van der Waals surface area contributed by atoms with Crippen molar-refractivity contribution >= 4 is 34.1 Å². The Kier molecular flexibility index (Phi) is 6.42. The molecule has 0 aliphatic heterocycles. The van der Waals surface area contributed by atoms with Gasteiger partial charge >= 0.3 is 6.09 Å². The van der Waals surface area contributed by atoms with Crippen LogP contribution in [0.15, 0.2) is 71.3 Å². The van der Waals surface area contributed by atoms with E-state index in [0.717, 1.165) is 40.4 Å². The zero-order valence-electron chi connectivity index (χ0n) is 20.0. The second-order valence-corrected chi connectivity index (χ2v) is 8.85. The highest BCUT2D eigenvalue weighted by molar-refractivity contribution is 5.96. The van der Waals surface area contributed by atoms with Gasteiger partial charge in [0.15, 0.2) is 0 Å². The number of ether oxygens (including phenoxy) is 1. The number of fused-ring (bicyclic) bond motifs is 1. The van der Waals surface area contributed by atoms with E-state index in [2.05, 4.69) is 27.6 Å². The summed E-state index contributed by atoms with van der Waals surface area (Å²) in [5.74, 6) is 6.52. The topological polar surface area (TPSA) is 93.5 Å². The number of aryl methyl sites for hydroxylation is 1. The minimum Gasteiger partial charge on any atom is -0.441 e. The van der Waals surface area contributed by atoms with Crippen molar-refractivity contribution in [1.29, 1.82) is 0 Å². The van der Waals surface area contributed by atoms with Crippen LogP contribution in [0.1, 0.15) is 48.5 Å². The van der Waals surface area contributed by atoms with Crippen LogP contribution >= 0.6 is 0 Å². The van der Waals surface area contributed by atoms with Gasteiger partial charge in [-0.2, -0.15) is 0 Å². The van der Waals surface area contributed by atoms with Gasteiger partial charge in [0.25, 0.3) is 0 Å². The quantitative estimate of drug-likeness (QED) is 0.333. The molecule has 36 heavy (non-hydrogen) atoms. The van der Waals surface area contributed by atoms with Crippen molar-refractivity contribution < 1.29 is 18.8 Å². The van der Waals surface area contributed by atoms with E-state index < -0.39 is 12.2 Å². The predicted molar refractivity (Wildman–Crippen MR) is 137 cm³/mol. The summed E-state index contributed by atoms with van der Waals surface area (Å²) in [7, 11) is 0. The number of hydrogen-bond acceptors (Lipinski definition) is 5. The van der Waals surface area contributed by atoms with E-state index in [-0.39, 0.29) is 17.6 Å². The first-order valence-electron chi connectivity index (χ1n) is 11.8. The summed E-state index contributed by atoms with van der Waals surface area (Å²) in [6.45, 7) is 3.53. The number of aromatic nitrogens is 1. The van der Waals surface area contributed by atoms with Crippen LogP contribution in [0.5, 0.6) is 0 Å². The number of rotatable bonds is 5. The van der Waals surface area contributed by atoms with E-state index in [1.807, 2.05) is 66.7 Å². The molecule has 0 spiro atoms. The van der Waals surface area contributed by atoms with Gasteiger partial charge in [0.2, 0.25) is 11.7 Å². The zero-order chi connectivity index (χ0) is 25.1. The van der Waals surface area contributed by atoms with Gasteiger partial charge in [-0.25, -0.2) is 4.79 Å². The van der Waals surface area contributed by atoms with E-state index in [0.29, 0.717) is 11.4 Å². The second kappa shape index (κ2) is 9.96. The maximum Gasteiger partial charge on any atom is 0.412 e. The molecule has 1 aromatic heterocycles. The molecule has 1 fully saturated rings. The van der Waals surface area contributed by atoms with E-state index in [9.17, 15) is 9.59 Å². The molecule has 1 saturated carbocycles. The molecule has 2 amide bonds. The minimum absolute atomic E-state index is 0.0852. The van der Waals surface area contributed by atoms with Crippen molar-refractivity contribution in [2.24, 2.45) is 5.92 Å². The molecular formula is C29H25N3O4. The number of carbonyl (C=O) groups is 2. The molecule has 2 N–H and O–H groups in total. The Bertz CT molecular complexity index is 1490. The lowest BCUT2D eigenvalue weighted by Crippen LogP contribution is -2.16. The fourth-order valence-electron chi connectivity index (χ4n) is 3.81.